The summed E-state index contributed by atoms with van der Waals surface area (Å²) in [7, 11) is 0. The predicted molar refractivity (Wildman–Crippen MR) is 120 cm³/mol. The van der Waals surface area contributed by atoms with Gasteiger partial charge in [0.2, 0.25) is 0 Å². The fourth-order valence-corrected chi connectivity index (χ4v) is 2.87. The van der Waals surface area contributed by atoms with Crippen LogP contribution in [0.15, 0.2) is 85.3 Å². The second-order valence-electron chi connectivity index (χ2n) is 6.56. The van der Waals surface area contributed by atoms with E-state index in [2.05, 4.69) is 30.9 Å². The van der Waals surface area contributed by atoms with Crippen LogP contribution in [-0.4, -0.2) is 25.8 Å². The van der Waals surface area contributed by atoms with E-state index in [0.717, 1.165) is 5.69 Å². The number of nitro benzene ring substituents is 1. The summed E-state index contributed by atoms with van der Waals surface area (Å²) in [6.45, 7) is 0. The van der Waals surface area contributed by atoms with Gasteiger partial charge in [0.15, 0.2) is 0 Å². The zero-order valence-electron chi connectivity index (χ0n) is 16.6. The first-order chi connectivity index (χ1) is 15.6. The van der Waals surface area contributed by atoms with E-state index < -0.39 is 10.8 Å². The molecule has 10 heteroatoms. The smallest absolute Gasteiger partial charge is 0.282 e. The molecule has 4 rings (SSSR count). The lowest BCUT2D eigenvalue weighted by molar-refractivity contribution is -0.385. The molecule has 0 saturated carbocycles. The van der Waals surface area contributed by atoms with E-state index >= 15 is 0 Å². The number of pyridine rings is 1. The zero-order valence-corrected chi connectivity index (χ0v) is 16.6. The molecule has 0 atom stereocenters. The third-order valence-electron chi connectivity index (χ3n) is 4.35. The van der Waals surface area contributed by atoms with E-state index in [-0.39, 0.29) is 11.3 Å². The van der Waals surface area contributed by atoms with Crippen molar-refractivity contribution in [2.24, 2.45) is 0 Å². The summed E-state index contributed by atoms with van der Waals surface area (Å²) in [4.78, 5) is 35.5. The maximum absolute atomic E-state index is 12.4. The molecular weight excluding hydrogens is 410 g/mol. The van der Waals surface area contributed by atoms with Gasteiger partial charge in [-0.1, -0.05) is 18.2 Å². The van der Waals surface area contributed by atoms with Crippen LogP contribution in [0.4, 0.5) is 34.5 Å². The average molecular weight is 427 g/mol. The van der Waals surface area contributed by atoms with Crippen molar-refractivity contribution in [3.63, 3.8) is 0 Å². The second kappa shape index (κ2) is 9.30. The number of benzene rings is 2. The number of para-hydroxylation sites is 1. The molecular formula is C22H17N7O3. The number of carbonyl (C=O) groups is 1. The van der Waals surface area contributed by atoms with Gasteiger partial charge in [0, 0.05) is 29.7 Å². The normalized spacial score (nSPS) is 10.2. The van der Waals surface area contributed by atoms with Gasteiger partial charge in [-0.15, -0.1) is 0 Å². The minimum Gasteiger partial charge on any atom is -0.340 e. The van der Waals surface area contributed by atoms with Gasteiger partial charge in [-0.3, -0.25) is 14.9 Å². The van der Waals surface area contributed by atoms with E-state index in [1.807, 2.05) is 18.2 Å². The molecule has 0 saturated heterocycles. The van der Waals surface area contributed by atoms with Crippen LogP contribution in [0.5, 0.6) is 0 Å². The minimum atomic E-state index is -0.583. The number of nitrogens with one attached hydrogen (secondary N) is 3. The summed E-state index contributed by atoms with van der Waals surface area (Å²) < 4.78 is 0. The highest BCUT2D eigenvalue weighted by molar-refractivity contribution is 6.07. The van der Waals surface area contributed by atoms with Crippen LogP contribution in [-0.2, 0) is 0 Å². The molecule has 0 bridgehead atoms. The van der Waals surface area contributed by atoms with Crippen molar-refractivity contribution in [3.8, 4) is 0 Å². The van der Waals surface area contributed by atoms with Gasteiger partial charge < -0.3 is 16.0 Å². The second-order valence-corrected chi connectivity index (χ2v) is 6.56. The molecule has 1 amide bonds. The highest BCUT2D eigenvalue weighted by Gasteiger charge is 2.19. The quantitative estimate of drug-likeness (QED) is 0.289. The van der Waals surface area contributed by atoms with E-state index in [0.29, 0.717) is 23.1 Å². The number of amides is 1. The number of rotatable bonds is 7. The Labute approximate surface area is 182 Å². The Hall–Kier alpha value is -4.86. The molecule has 3 N–H and O–H groups in total. The van der Waals surface area contributed by atoms with Crippen LogP contribution in [0.2, 0.25) is 0 Å². The van der Waals surface area contributed by atoms with E-state index in [1.165, 1.54) is 24.5 Å². The number of hydrogen-bond acceptors (Lipinski definition) is 8. The molecule has 10 nitrogen and oxygen atoms in total. The Morgan fingerprint density at radius 3 is 2.19 bits per heavy atom. The van der Waals surface area contributed by atoms with Gasteiger partial charge >= 0.3 is 0 Å². The lowest BCUT2D eigenvalue weighted by atomic mass is 10.1. The first-order valence-corrected chi connectivity index (χ1v) is 9.50. The van der Waals surface area contributed by atoms with Crippen LogP contribution in [0.3, 0.4) is 0 Å². The minimum absolute atomic E-state index is 0.00591. The van der Waals surface area contributed by atoms with Crippen molar-refractivity contribution in [2.75, 3.05) is 16.0 Å². The van der Waals surface area contributed by atoms with Crippen LogP contribution in [0.25, 0.3) is 0 Å². The van der Waals surface area contributed by atoms with Crippen molar-refractivity contribution >= 4 is 40.4 Å². The first-order valence-electron chi connectivity index (χ1n) is 9.50. The standard InChI is InChI=1S/C22H17N7O3/c30-22(17-5-1-2-6-18(17)29(31)32)27-16-10-8-15(9-11-16)26-20-13-21(25-14-24-20)28-19-7-3-4-12-23-19/h1-14H,(H,27,30)(H2,23,24,25,26,28). The summed E-state index contributed by atoms with van der Waals surface area (Å²) in [5.74, 6) is 1.25. The average Bonchev–Trinajstić information content (AvgIpc) is 2.81. The highest BCUT2D eigenvalue weighted by Crippen LogP contribution is 2.22. The summed E-state index contributed by atoms with van der Waals surface area (Å²) in [5.41, 5.74) is 0.978. The summed E-state index contributed by atoms with van der Waals surface area (Å²) in [6.07, 6.45) is 3.11. The Morgan fingerprint density at radius 2 is 1.47 bits per heavy atom. The van der Waals surface area contributed by atoms with Gasteiger partial charge in [0.25, 0.3) is 11.6 Å². The van der Waals surface area contributed by atoms with Crippen molar-refractivity contribution < 1.29 is 9.72 Å². The molecule has 2 aromatic heterocycles. The Kier molecular flexibility index (Phi) is 5.94. The molecule has 2 aromatic carbocycles. The summed E-state index contributed by atoms with van der Waals surface area (Å²) in [5, 5.41) is 20.0. The Bertz CT molecular complexity index is 1250. The fourth-order valence-electron chi connectivity index (χ4n) is 2.87. The zero-order chi connectivity index (χ0) is 22.3. The van der Waals surface area contributed by atoms with Gasteiger partial charge in [-0.2, -0.15) is 0 Å². The van der Waals surface area contributed by atoms with Crippen LogP contribution in [0, 0.1) is 10.1 Å². The molecule has 2 heterocycles. The third-order valence-corrected chi connectivity index (χ3v) is 4.35. The van der Waals surface area contributed by atoms with Crippen molar-refractivity contribution in [1.29, 1.82) is 0 Å². The molecule has 0 aliphatic carbocycles. The number of nitrogens with zero attached hydrogens (tertiary/aromatic N) is 4. The van der Waals surface area contributed by atoms with Crippen molar-refractivity contribution in [3.05, 3.63) is 101 Å². The molecule has 32 heavy (non-hydrogen) atoms. The highest BCUT2D eigenvalue weighted by atomic mass is 16.6. The SMILES string of the molecule is O=C(Nc1ccc(Nc2cc(Nc3ccccn3)ncn2)cc1)c1ccccc1[N+](=O)[O-]. The maximum atomic E-state index is 12.4. The van der Waals surface area contributed by atoms with Gasteiger partial charge in [-0.25, -0.2) is 15.0 Å². The predicted octanol–water partition coefficient (Wildman–Crippen LogP) is 4.52. The van der Waals surface area contributed by atoms with Gasteiger partial charge in [0.05, 0.1) is 4.92 Å². The maximum Gasteiger partial charge on any atom is 0.282 e. The van der Waals surface area contributed by atoms with E-state index in [9.17, 15) is 14.9 Å². The number of nitro groups is 1. The topological polar surface area (TPSA) is 135 Å². The molecule has 0 aliphatic heterocycles. The summed E-state index contributed by atoms with van der Waals surface area (Å²) >= 11 is 0. The summed E-state index contributed by atoms with van der Waals surface area (Å²) in [6, 6.07) is 19.9. The van der Waals surface area contributed by atoms with Crippen molar-refractivity contribution in [1.82, 2.24) is 15.0 Å². The number of carbonyl (C=O) groups excluding carboxylic acids is 1. The largest absolute Gasteiger partial charge is 0.340 e. The number of hydrogen-bond donors (Lipinski definition) is 3. The van der Waals surface area contributed by atoms with Crippen LogP contribution < -0.4 is 16.0 Å². The lowest BCUT2D eigenvalue weighted by Crippen LogP contribution is -2.13. The molecule has 158 valence electrons. The molecule has 0 aliphatic rings. The molecule has 4 aromatic rings. The van der Waals surface area contributed by atoms with E-state index in [4.69, 9.17) is 0 Å². The third kappa shape index (κ3) is 5.00. The van der Waals surface area contributed by atoms with Gasteiger partial charge in [-0.05, 0) is 42.5 Å². The van der Waals surface area contributed by atoms with Crippen LogP contribution >= 0.6 is 0 Å². The number of aromatic nitrogens is 3. The molecule has 0 unspecified atom stereocenters. The molecule has 0 radical (unpaired) electrons. The lowest BCUT2D eigenvalue weighted by Gasteiger charge is -2.10. The fraction of sp³-hybridized carbons (Fsp3) is 0. The van der Waals surface area contributed by atoms with Crippen LogP contribution in [0.1, 0.15) is 10.4 Å². The van der Waals surface area contributed by atoms with E-state index in [1.54, 1.807) is 42.6 Å². The molecule has 0 fully saturated rings. The molecule has 0 spiro atoms. The monoisotopic (exact) mass is 427 g/mol. The Balaban J connectivity index is 1.42. The van der Waals surface area contributed by atoms with Gasteiger partial charge in [0.1, 0.15) is 29.3 Å². The number of anilines is 5. The van der Waals surface area contributed by atoms with Crippen molar-refractivity contribution in [2.45, 2.75) is 0 Å². The Morgan fingerprint density at radius 1 is 0.781 bits per heavy atom. The first kappa shape index (κ1) is 20.4.